The molecule has 1 saturated heterocycles. The van der Waals surface area contributed by atoms with E-state index in [1.165, 1.54) is 20.3 Å². The molecule has 0 bridgehead atoms. The maximum atomic E-state index is 11.7. The highest BCUT2D eigenvalue weighted by atomic mass is 16.6. The lowest BCUT2D eigenvalue weighted by atomic mass is 9.54. The number of ether oxygens (including phenoxy) is 3. The first-order valence-corrected chi connectivity index (χ1v) is 11.1. The third-order valence-corrected chi connectivity index (χ3v) is 9.85. The maximum Gasteiger partial charge on any atom is 0.302 e. The van der Waals surface area contributed by atoms with E-state index in [4.69, 9.17) is 14.2 Å². The number of esters is 2. The van der Waals surface area contributed by atoms with Gasteiger partial charge in [-0.3, -0.25) is 9.59 Å². The van der Waals surface area contributed by atoms with Crippen molar-refractivity contribution < 1.29 is 23.8 Å². The van der Waals surface area contributed by atoms with Crippen LogP contribution in [-0.4, -0.2) is 35.3 Å². The summed E-state index contributed by atoms with van der Waals surface area (Å²) >= 11 is 0. The Balaban J connectivity index is 1.47. The van der Waals surface area contributed by atoms with Gasteiger partial charge in [-0.15, -0.1) is 0 Å². The van der Waals surface area contributed by atoms with Gasteiger partial charge in [0.05, 0.1) is 5.60 Å². The van der Waals surface area contributed by atoms with Crippen molar-refractivity contribution in [2.24, 2.45) is 28.6 Å². The van der Waals surface area contributed by atoms with E-state index >= 15 is 0 Å². The third-order valence-electron chi connectivity index (χ3n) is 9.85. The largest absolute Gasteiger partial charge is 0.462 e. The van der Waals surface area contributed by atoms with E-state index in [0.29, 0.717) is 17.8 Å². The first kappa shape index (κ1) is 18.9. The standard InChI is InChI=1S/C23H34O5/c1-13(24)26-15-8-11-21(4)17-9-10-20(3)16(6-7-18(20)27-14(2)25)19(17)22(5)23(21,12-15)28-22/h15-19H,6-12H2,1-5H3/t15-,16+,17+,18-,19-,20+,21+,22+,23-/m0/s1. The van der Waals surface area contributed by atoms with Crippen LogP contribution in [0, 0.1) is 28.6 Å². The molecule has 0 radical (unpaired) electrons. The van der Waals surface area contributed by atoms with Crippen LogP contribution in [0.4, 0.5) is 0 Å². The molecule has 0 aromatic carbocycles. The van der Waals surface area contributed by atoms with Gasteiger partial charge in [0.1, 0.15) is 17.8 Å². The first-order valence-electron chi connectivity index (χ1n) is 11.1. The monoisotopic (exact) mass is 390 g/mol. The van der Waals surface area contributed by atoms with Crippen LogP contribution in [0.3, 0.4) is 0 Å². The lowest BCUT2D eigenvalue weighted by Gasteiger charge is -2.52. The molecule has 5 aliphatic rings. The minimum Gasteiger partial charge on any atom is -0.462 e. The van der Waals surface area contributed by atoms with E-state index in [0.717, 1.165) is 38.5 Å². The van der Waals surface area contributed by atoms with Crippen molar-refractivity contribution in [3.63, 3.8) is 0 Å². The molecule has 5 fully saturated rings. The van der Waals surface area contributed by atoms with Gasteiger partial charge in [-0.2, -0.15) is 0 Å². The zero-order valence-electron chi connectivity index (χ0n) is 17.9. The van der Waals surface area contributed by atoms with Crippen molar-refractivity contribution in [3.8, 4) is 0 Å². The normalized spacial score (nSPS) is 56.1. The van der Waals surface area contributed by atoms with Crippen molar-refractivity contribution in [1.82, 2.24) is 0 Å². The molecular formula is C23H34O5. The topological polar surface area (TPSA) is 65.1 Å². The second-order valence-electron chi connectivity index (χ2n) is 10.9. The summed E-state index contributed by atoms with van der Waals surface area (Å²) < 4.78 is 18.1. The molecule has 156 valence electrons. The van der Waals surface area contributed by atoms with Gasteiger partial charge in [0.2, 0.25) is 0 Å². The molecule has 0 N–H and O–H groups in total. The molecule has 0 unspecified atom stereocenters. The zero-order chi connectivity index (χ0) is 20.1. The second kappa shape index (κ2) is 5.53. The van der Waals surface area contributed by atoms with Crippen LogP contribution in [0.25, 0.3) is 0 Å². The zero-order valence-corrected chi connectivity index (χ0v) is 17.9. The molecule has 5 rings (SSSR count). The van der Waals surface area contributed by atoms with Gasteiger partial charge in [0.25, 0.3) is 0 Å². The summed E-state index contributed by atoms with van der Waals surface area (Å²) in [5.41, 5.74) is -0.0762. The highest BCUT2D eigenvalue weighted by Crippen LogP contribution is 2.82. The second-order valence-corrected chi connectivity index (χ2v) is 10.9. The van der Waals surface area contributed by atoms with Crippen LogP contribution >= 0.6 is 0 Å². The van der Waals surface area contributed by atoms with E-state index in [9.17, 15) is 9.59 Å². The number of carbonyl (C=O) groups excluding carboxylic acids is 2. The summed E-state index contributed by atoms with van der Waals surface area (Å²) in [6, 6.07) is 0. The fourth-order valence-electron chi connectivity index (χ4n) is 8.71. The summed E-state index contributed by atoms with van der Waals surface area (Å²) in [5.74, 6) is 1.35. The van der Waals surface area contributed by atoms with E-state index in [-0.39, 0.29) is 46.2 Å². The highest BCUT2D eigenvalue weighted by Gasteiger charge is 2.88. The minimum atomic E-state index is -0.185. The number of hydrogen-bond donors (Lipinski definition) is 0. The molecule has 1 spiro atoms. The summed E-state index contributed by atoms with van der Waals surface area (Å²) in [6.45, 7) is 10.1. The first-order chi connectivity index (χ1) is 13.1. The van der Waals surface area contributed by atoms with Crippen molar-refractivity contribution in [3.05, 3.63) is 0 Å². The molecule has 1 heterocycles. The van der Waals surface area contributed by atoms with Gasteiger partial charge in [-0.05, 0) is 63.2 Å². The molecule has 5 heteroatoms. The number of epoxide rings is 1. The van der Waals surface area contributed by atoms with Crippen LogP contribution in [0.5, 0.6) is 0 Å². The lowest BCUT2D eigenvalue weighted by Crippen LogP contribution is -2.50. The van der Waals surface area contributed by atoms with Gasteiger partial charge in [0, 0.05) is 31.1 Å². The molecule has 0 amide bonds. The fourth-order valence-corrected chi connectivity index (χ4v) is 8.71. The number of fused-ring (bicyclic) bond motifs is 5. The number of rotatable bonds is 2. The van der Waals surface area contributed by atoms with Gasteiger partial charge in [0.15, 0.2) is 0 Å². The Morgan fingerprint density at radius 2 is 1.61 bits per heavy atom. The SMILES string of the molecule is CC(=O)O[C@H]1CC[C@]2(C)[C@@H]3CC[C@@]4(C)[C@@H](OC(C)=O)CC[C@@H]4[C@@H]3[C@@]3(C)O[C@@]23C1. The summed E-state index contributed by atoms with van der Waals surface area (Å²) in [5, 5.41) is 0. The van der Waals surface area contributed by atoms with Crippen LogP contribution in [0.15, 0.2) is 0 Å². The lowest BCUT2D eigenvalue weighted by molar-refractivity contribution is -0.160. The summed E-state index contributed by atoms with van der Waals surface area (Å²) in [7, 11) is 0. The minimum absolute atomic E-state index is 0.0173. The summed E-state index contributed by atoms with van der Waals surface area (Å²) in [6.07, 6.45) is 7.28. The Hall–Kier alpha value is -1.10. The van der Waals surface area contributed by atoms with Gasteiger partial charge in [-0.25, -0.2) is 0 Å². The molecule has 0 aromatic rings. The molecule has 5 nitrogen and oxygen atoms in total. The predicted molar refractivity (Wildman–Crippen MR) is 102 cm³/mol. The molecule has 4 saturated carbocycles. The van der Waals surface area contributed by atoms with E-state index < -0.39 is 0 Å². The molecule has 9 atom stereocenters. The summed E-state index contributed by atoms with van der Waals surface area (Å²) in [4.78, 5) is 23.2. The maximum absolute atomic E-state index is 11.7. The van der Waals surface area contributed by atoms with Crippen molar-refractivity contribution in [1.29, 1.82) is 0 Å². The fraction of sp³-hybridized carbons (Fsp3) is 0.913. The average Bonchev–Trinajstić information content (AvgIpc) is 2.99. The number of carbonyl (C=O) groups is 2. The van der Waals surface area contributed by atoms with Crippen LogP contribution in [0.1, 0.15) is 79.6 Å². The Labute approximate surface area is 167 Å². The Bertz CT molecular complexity index is 735. The average molecular weight is 391 g/mol. The van der Waals surface area contributed by atoms with Gasteiger partial charge >= 0.3 is 11.9 Å². The van der Waals surface area contributed by atoms with Crippen molar-refractivity contribution in [2.75, 3.05) is 0 Å². The third kappa shape index (κ3) is 2.07. The van der Waals surface area contributed by atoms with Gasteiger partial charge < -0.3 is 14.2 Å². The Morgan fingerprint density at radius 1 is 0.893 bits per heavy atom. The Morgan fingerprint density at radius 3 is 2.29 bits per heavy atom. The molecule has 4 aliphatic carbocycles. The predicted octanol–water partition coefficient (Wildman–Crippen LogP) is 4.02. The Kier molecular flexibility index (Phi) is 3.73. The smallest absolute Gasteiger partial charge is 0.302 e. The van der Waals surface area contributed by atoms with E-state index in [1.54, 1.807) is 0 Å². The van der Waals surface area contributed by atoms with Crippen LogP contribution in [-0.2, 0) is 23.8 Å². The van der Waals surface area contributed by atoms with E-state index in [1.807, 2.05) is 0 Å². The van der Waals surface area contributed by atoms with Crippen molar-refractivity contribution >= 4 is 11.9 Å². The highest BCUT2D eigenvalue weighted by molar-refractivity contribution is 5.66. The molecule has 28 heavy (non-hydrogen) atoms. The molecule has 0 aromatic heterocycles. The van der Waals surface area contributed by atoms with Crippen LogP contribution < -0.4 is 0 Å². The van der Waals surface area contributed by atoms with E-state index in [2.05, 4.69) is 20.8 Å². The quantitative estimate of drug-likeness (QED) is 0.526. The van der Waals surface area contributed by atoms with Crippen molar-refractivity contribution in [2.45, 2.75) is 103 Å². The van der Waals surface area contributed by atoms with Crippen LogP contribution in [0.2, 0.25) is 0 Å². The molecular weight excluding hydrogens is 356 g/mol. The number of hydrogen-bond acceptors (Lipinski definition) is 5. The van der Waals surface area contributed by atoms with Gasteiger partial charge in [-0.1, -0.05) is 13.8 Å². The molecule has 1 aliphatic heterocycles.